The van der Waals surface area contributed by atoms with Gasteiger partial charge in [0.05, 0.1) is 11.1 Å². The lowest BCUT2D eigenvalue weighted by Gasteiger charge is -2.08. The smallest absolute Gasteiger partial charge is 0.193 e. The van der Waals surface area contributed by atoms with Gasteiger partial charge in [-0.2, -0.15) is 0 Å². The first-order valence-electron chi connectivity index (χ1n) is 6.14. The van der Waals surface area contributed by atoms with Crippen LogP contribution in [0.3, 0.4) is 0 Å². The first-order chi connectivity index (χ1) is 9.51. The molecule has 0 aliphatic rings. The molecule has 2 aromatic rings. The Morgan fingerprint density at radius 2 is 1.75 bits per heavy atom. The highest BCUT2D eigenvalue weighted by Crippen LogP contribution is 2.27. The summed E-state index contributed by atoms with van der Waals surface area (Å²) in [5.74, 6) is 0.573. The van der Waals surface area contributed by atoms with Crippen molar-refractivity contribution in [3.8, 4) is 5.75 Å². The van der Waals surface area contributed by atoms with Gasteiger partial charge in [-0.15, -0.1) is 0 Å². The minimum absolute atomic E-state index is 0.132. The number of halogens is 1. The Labute approximate surface area is 125 Å². The van der Waals surface area contributed by atoms with E-state index in [0.29, 0.717) is 34.9 Å². The molecule has 2 aromatic carbocycles. The number of carbonyl (C=O) groups is 1. The van der Waals surface area contributed by atoms with Crippen LogP contribution in [0.25, 0.3) is 0 Å². The van der Waals surface area contributed by atoms with E-state index in [-0.39, 0.29) is 5.78 Å². The predicted molar refractivity (Wildman–Crippen MR) is 84.0 cm³/mol. The summed E-state index contributed by atoms with van der Waals surface area (Å²) < 4.78 is 6.16. The van der Waals surface area contributed by atoms with Crippen LogP contribution in [0, 0.1) is 0 Å². The summed E-state index contributed by atoms with van der Waals surface area (Å²) in [5, 5.41) is 0. The molecule has 0 spiro atoms. The van der Waals surface area contributed by atoms with Crippen LogP contribution < -0.4 is 16.2 Å². The second-order valence-electron chi connectivity index (χ2n) is 4.30. The zero-order chi connectivity index (χ0) is 14.7. The summed E-state index contributed by atoms with van der Waals surface area (Å²) in [4.78, 5) is 12.4. The van der Waals surface area contributed by atoms with Gasteiger partial charge in [-0.25, -0.2) is 0 Å². The molecule has 0 atom stereocenters. The minimum atomic E-state index is -0.132. The summed E-state index contributed by atoms with van der Waals surface area (Å²) in [6.07, 6.45) is 0. The van der Waals surface area contributed by atoms with Crippen LogP contribution in [-0.4, -0.2) is 12.4 Å². The second-order valence-corrected chi connectivity index (χ2v) is 5.15. The Hall–Kier alpha value is -2.01. The van der Waals surface area contributed by atoms with E-state index < -0.39 is 0 Å². The topological polar surface area (TPSA) is 78.3 Å². The number of hydrogen-bond acceptors (Lipinski definition) is 4. The molecule has 0 aliphatic heterocycles. The third-order valence-corrected chi connectivity index (χ3v) is 3.35. The summed E-state index contributed by atoms with van der Waals surface area (Å²) in [6, 6.07) is 10.1. The van der Waals surface area contributed by atoms with Gasteiger partial charge in [0.1, 0.15) is 5.75 Å². The molecule has 2 rings (SSSR count). The predicted octanol–water partition coefficient (Wildman–Crippen LogP) is 3.24. The van der Waals surface area contributed by atoms with Gasteiger partial charge < -0.3 is 16.2 Å². The number of ether oxygens (including phenoxy) is 1. The molecule has 0 unspecified atom stereocenters. The number of nitrogens with two attached hydrogens (primary N) is 2. The van der Waals surface area contributed by atoms with Gasteiger partial charge in [0.2, 0.25) is 0 Å². The van der Waals surface area contributed by atoms with E-state index in [2.05, 4.69) is 15.9 Å². The maximum absolute atomic E-state index is 12.4. The molecule has 0 saturated heterocycles. The Balaban J connectivity index is 2.36. The average Bonchev–Trinajstić information content (AvgIpc) is 2.39. The van der Waals surface area contributed by atoms with E-state index in [1.165, 1.54) is 0 Å². The summed E-state index contributed by atoms with van der Waals surface area (Å²) in [6.45, 7) is 2.47. The lowest BCUT2D eigenvalue weighted by atomic mass is 10.0. The van der Waals surface area contributed by atoms with Crippen molar-refractivity contribution in [3.63, 3.8) is 0 Å². The number of nitrogen functional groups attached to an aromatic ring is 2. The molecule has 5 heteroatoms. The number of rotatable bonds is 4. The van der Waals surface area contributed by atoms with E-state index >= 15 is 0 Å². The molecular weight excluding hydrogens is 320 g/mol. The molecule has 0 fully saturated rings. The lowest BCUT2D eigenvalue weighted by molar-refractivity contribution is 0.103. The van der Waals surface area contributed by atoms with Gasteiger partial charge in [-0.3, -0.25) is 4.79 Å². The van der Waals surface area contributed by atoms with Crippen LogP contribution >= 0.6 is 15.9 Å². The molecule has 104 valence electrons. The molecular formula is C15H15BrN2O2. The maximum Gasteiger partial charge on any atom is 0.193 e. The van der Waals surface area contributed by atoms with Crippen molar-refractivity contribution in [2.24, 2.45) is 0 Å². The molecule has 20 heavy (non-hydrogen) atoms. The van der Waals surface area contributed by atoms with Gasteiger partial charge in [-0.1, -0.05) is 0 Å². The Bertz CT molecular complexity index is 636. The molecule has 0 heterocycles. The number of benzene rings is 2. The van der Waals surface area contributed by atoms with Gasteiger partial charge in [0.15, 0.2) is 5.78 Å². The van der Waals surface area contributed by atoms with Gasteiger partial charge in [0, 0.05) is 22.5 Å². The van der Waals surface area contributed by atoms with Crippen molar-refractivity contribution >= 4 is 33.1 Å². The lowest BCUT2D eigenvalue weighted by Crippen LogP contribution is -2.04. The van der Waals surface area contributed by atoms with E-state index in [9.17, 15) is 4.79 Å². The van der Waals surface area contributed by atoms with E-state index in [1.807, 2.05) is 6.92 Å². The fraction of sp³-hybridized carbons (Fsp3) is 0.133. The minimum Gasteiger partial charge on any atom is -0.493 e. The Morgan fingerprint density at radius 3 is 2.30 bits per heavy atom. The van der Waals surface area contributed by atoms with Gasteiger partial charge in [-0.05, 0) is 59.3 Å². The van der Waals surface area contributed by atoms with E-state index in [0.717, 1.165) is 4.47 Å². The number of carbonyl (C=O) groups excluding carboxylic acids is 1. The normalized spacial score (nSPS) is 10.3. The number of anilines is 2. The van der Waals surface area contributed by atoms with E-state index in [4.69, 9.17) is 16.2 Å². The standard InChI is InChI=1S/C15H15BrN2O2/c1-2-20-14-4-3-9(7-13(14)16)15(19)10-5-11(17)8-12(18)6-10/h3-8H,2,17-18H2,1H3. The third kappa shape index (κ3) is 3.11. The fourth-order valence-electron chi connectivity index (χ4n) is 1.89. The highest BCUT2D eigenvalue weighted by atomic mass is 79.9. The number of ketones is 1. The maximum atomic E-state index is 12.4. The fourth-order valence-corrected chi connectivity index (χ4v) is 2.38. The van der Waals surface area contributed by atoms with Crippen LogP contribution in [-0.2, 0) is 0 Å². The quantitative estimate of drug-likeness (QED) is 0.664. The third-order valence-electron chi connectivity index (χ3n) is 2.73. The first kappa shape index (κ1) is 14.4. The van der Waals surface area contributed by atoms with Crippen LogP contribution in [0.2, 0.25) is 0 Å². The SMILES string of the molecule is CCOc1ccc(C(=O)c2cc(N)cc(N)c2)cc1Br. The second kappa shape index (κ2) is 5.96. The van der Waals surface area contributed by atoms with Crippen LogP contribution in [0.4, 0.5) is 11.4 Å². The first-order valence-corrected chi connectivity index (χ1v) is 6.93. The largest absolute Gasteiger partial charge is 0.493 e. The molecule has 0 saturated carbocycles. The average molecular weight is 335 g/mol. The zero-order valence-electron chi connectivity index (χ0n) is 11.0. The highest BCUT2D eigenvalue weighted by molar-refractivity contribution is 9.10. The molecule has 0 radical (unpaired) electrons. The van der Waals surface area contributed by atoms with Crippen LogP contribution in [0.5, 0.6) is 5.75 Å². The zero-order valence-corrected chi connectivity index (χ0v) is 12.6. The van der Waals surface area contributed by atoms with Crippen molar-refractivity contribution in [2.45, 2.75) is 6.92 Å². The summed E-state index contributed by atoms with van der Waals surface area (Å²) >= 11 is 3.39. The molecule has 0 aliphatic carbocycles. The molecule has 0 aromatic heterocycles. The molecule has 4 nitrogen and oxygen atoms in total. The van der Waals surface area contributed by atoms with Crippen molar-refractivity contribution in [1.82, 2.24) is 0 Å². The Morgan fingerprint density at radius 1 is 1.10 bits per heavy atom. The van der Waals surface area contributed by atoms with Gasteiger partial charge >= 0.3 is 0 Å². The van der Waals surface area contributed by atoms with Crippen LogP contribution in [0.1, 0.15) is 22.8 Å². The summed E-state index contributed by atoms with van der Waals surface area (Å²) in [7, 11) is 0. The van der Waals surface area contributed by atoms with Crippen molar-refractivity contribution < 1.29 is 9.53 Å². The highest BCUT2D eigenvalue weighted by Gasteiger charge is 2.12. The number of hydrogen-bond donors (Lipinski definition) is 2. The van der Waals surface area contributed by atoms with Crippen molar-refractivity contribution in [2.75, 3.05) is 18.1 Å². The summed E-state index contributed by atoms with van der Waals surface area (Å²) in [5.41, 5.74) is 13.4. The molecule has 4 N–H and O–H groups in total. The molecule has 0 amide bonds. The van der Waals surface area contributed by atoms with Crippen molar-refractivity contribution in [1.29, 1.82) is 0 Å². The van der Waals surface area contributed by atoms with Crippen molar-refractivity contribution in [3.05, 3.63) is 52.0 Å². The molecule has 0 bridgehead atoms. The van der Waals surface area contributed by atoms with E-state index in [1.54, 1.807) is 36.4 Å². The van der Waals surface area contributed by atoms with Gasteiger partial charge in [0.25, 0.3) is 0 Å². The van der Waals surface area contributed by atoms with Crippen LogP contribution in [0.15, 0.2) is 40.9 Å². The monoisotopic (exact) mass is 334 g/mol. The Kier molecular flexibility index (Phi) is 4.29.